The molecule has 15 heavy (non-hydrogen) atoms. The zero-order valence-corrected chi connectivity index (χ0v) is 9.57. The molecule has 1 aromatic rings. The van der Waals surface area contributed by atoms with Gasteiger partial charge < -0.3 is 9.47 Å². The Kier molecular flexibility index (Phi) is 2.81. The van der Waals surface area contributed by atoms with E-state index in [1.165, 1.54) is 5.56 Å². The maximum Gasteiger partial charge on any atom is 0.163 e. The maximum atomic E-state index is 5.89. The third-order valence-corrected chi connectivity index (χ3v) is 2.57. The standard InChI is InChI=1S/C13H18O2/c1-13(2,3)12-14-9-11(15-12)10-7-5-4-6-8-10/h4-8,11-12H,9H2,1-3H3/t11-,12?/m0/s1. The van der Waals surface area contributed by atoms with E-state index in [4.69, 9.17) is 9.47 Å². The average molecular weight is 206 g/mol. The van der Waals surface area contributed by atoms with E-state index in [0.717, 1.165) is 0 Å². The van der Waals surface area contributed by atoms with Crippen LogP contribution in [0.25, 0.3) is 0 Å². The summed E-state index contributed by atoms with van der Waals surface area (Å²) in [7, 11) is 0. The SMILES string of the molecule is CC(C)(C)C1OC[C@@H](c2ccccc2)O1. The van der Waals surface area contributed by atoms with Gasteiger partial charge in [0.1, 0.15) is 6.10 Å². The number of hydrogen-bond donors (Lipinski definition) is 0. The molecule has 0 spiro atoms. The molecule has 0 saturated carbocycles. The monoisotopic (exact) mass is 206 g/mol. The molecule has 1 unspecified atom stereocenters. The molecule has 2 heteroatoms. The predicted octanol–water partition coefficient (Wildman–Crippen LogP) is 3.15. The fourth-order valence-electron chi connectivity index (χ4n) is 1.70. The van der Waals surface area contributed by atoms with Crippen LogP contribution in [0.2, 0.25) is 0 Å². The smallest absolute Gasteiger partial charge is 0.163 e. The van der Waals surface area contributed by atoms with Gasteiger partial charge in [-0.15, -0.1) is 0 Å². The Morgan fingerprint density at radius 3 is 2.33 bits per heavy atom. The van der Waals surface area contributed by atoms with Crippen molar-refractivity contribution < 1.29 is 9.47 Å². The lowest BCUT2D eigenvalue weighted by molar-refractivity contribution is -0.124. The molecule has 0 aromatic heterocycles. The highest BCUT2D eigenvalue weighted by molar-refractivity contribution is 5.18. The summed E-state index contributed by atoms with van der Waals surface area (Å²) >= 11 is 0. The average Bonchev–Trinajstić information content (AvgIpc) is 2.67. The summed E-state index contributed by atoms with van der Waals surface area (Å²) in [6.07, 6.45) is -0.00173. The number of ether oxygens (including phenoxy) is 2. The van der Waals surface area contributed by atoms with Gasteiger partial charge in [0.2, 0.25) is 0 Å². The molecule has 0 N–H and O–H groups in total. The van der Waals surface area contributed by atoms with Crippen molar-refractivity contribution in [2.24, 2.45) is 5.41 Å². The topological polar surface area (TPSA) is 18.5 Å². The van der Waals surface area contributed by atoms with Crippen LogP contribution in [0.15, 0.2) is 30.3 Å². The quantitative estimate of drug-likeness (QED) is 0.702. The molecule has 1 aliphatic heterocycles. The Morgan fingerprint density at radius 1 is 1.13 bits per heavy atom. The van der Waals surface area contributed by atoms with Crippen LogP contribution in [0.1, 0.15) is 32.4 Å². The van der Waals surface area contributed by atoms with Crippen LogP contribution < -0.4 is 0 Å². The summed E-state index contributed by atoms with van der Waals surface area (Å²) in [5, 5.41) is 0. The Labute approximate surface area is 91.2 Å². The zero-order chi connectivity index (χ0) is 10.9. The van der Waals surface area contributed by atoms with Crippen LogP contribution in [0.4, 0.5) is 0 Å². The van der Waals surface area contributed by atoms with E-state index in [9.17, 15) is 0 Å². The second-order valence-electron chi connectivity index (χ2n) is 5.07. The predicted molar refractivity (Wildman–Crippen MR) is 59.5 cm³/mol. The summed E-state index contributed by atoms with van der Waals surface area (Å²) in [4.78, 5) is 0. The van der Waals surface area contributed by atoms with Crippen LogP contribution >= 0.6 is 0 Å². The van der Waals surface area contributed by atoms with Crippen LogP contribution in [0.3, 0.4) is 0 Å². The highest BCUT2D eigenvalue weighted by Crippen LogP contribution is 2.34. The van der Waals surface area contributed by atoms with Crippen molar-refractivity contribution in [1.82, 2.24) is 0 Å². The first-order valence-corrected chi connectivity index (χ1v) is 5.39. The summed E-state index contributed by atoms with van der Waals surface area (Å²) in [6.45, 7) is 7.05. The van der Waals surface area contributed by atoms with Crippen molar-refractivity contribution in [3.63, 3.8) is 0 Å². The van der Waals surface area contributed by atoms with Gasteiger partial charge in [0.25, 0.3) is 0 Å². The fraction of sp³-hybridized carbons (Fsp3) is 0.538. The van der Waals surface area contributed by atoms with E-state index >= 15 is 0 Å². The summed E-state index contributed by atoms with van der Waals surface area (Å²) < 4.78 is 11.6. The molecule has 0 radical (unpaired) electrons. The van der Waals surface area contributed by atoms with Crippen LogP contribution in [-0.4, -0.2) is 12.9 Å². The van der Waals surface area contributed by atoms with E-state index < -0.39 is 0 Å². The summed E-state index contributed by atoms with van der Waals surface area (Å²) in [5.41, 5.74) is 1.24. The van der Waals surface area contributed by atoms with E-state index in [0.29, 0.717) is 6.61 Å². The lowest BCUT2D eigenvalue weighted by Gasteiger charge is -2.25. The van der Waals surface area contributed by atoms with Gasteiger partial charge in [0, 0.05) is 5.41 Å². The largest absolute Gasteiger partial charge is 0.349 e. The van der Waals surface area contributed by atoms with Gasteiger partial charge in [0.05, 0.1) is 6.61 Å². The van der Waals surface area contributed by atoms with Gasteiger partial charge in [0.15, 0.2) is 6.29 Å². The molecule has 1 aliphatic rings. The summed E-state index contributed by atoms with van der Waals surface area (Å²) in [5.74, 6) is 0. The fourth-order valence-corrected chi connectivity index (χ4v) is 1.70. The number of hydrogen-bond acceptors (Lipinski definition) is 2. The first kappa shape index (κ1) is 10.7. The maximum absolute atomic E-state index is 5.89. The van der Waals surface area contributed by atoms with Gasteiger partial charge in [-0.05, 0) is 5.56 Å². The Morgan fingerprint density at radius 2 is 1.80 bits per heavy atom. The Hall–Kier alpha value is -0.860. The van der Waals surface area contributed by atoms with Gasteiger partial charge in [-0.2, -0.15) is 0 Å². The van der Waals surface area contributed by atoms with Crippen molar-refractivity contribution in [3.05, 3.63) is 35.9 Å². The molecule has 2 rings (SSSR count). The second kappa shape index (κ2) is 3.95. The minimum Gasteiger partial charge on any atom is -0.349 e. The Balaban J connectivity index is 2.05. The lowest BCUT2D eigenvalue weighted by Crippen LogP contribution is -2.26. The number of benzene rings is 1. The molecule has 1 aromatic carbocycles. The Bertz CT molecular complexity index is 313. The molecule has 2 nitrogen and oxygen atoms in total. The first-order chi connectivity index (χ1) is 7.07. The molecular weight excluding hydrogens is 188 g/mol. The summed E-state index contributed by atoms with van der Waals surface area (Å²) in [6, 6.07) is 10.2. The normalized spacial score (nSPS) is 26.9. The highest BCUT2D eigenvalue weighted by atomic mass is 16.7. The van der Waals surface area contributed by atoms with Crippen molar-refractivity contribution in [2.75, 3.05) is 6.61 Å². The molecule has 2 atom stereocenters. The third-order valence-electron chi connectivity index (χ3n) is 2.57. The number of rotatable bonds is 1. The van der Waals surface area contributed by atoms with Crippen molar-refractivity contribution in [1.29, 1.82) is 0 Å². The van der Waals surface area contributed by atoms with E-state index in [2.05, 4.69) is 32.9 Å². The molecule has 1 heterocycles. The van der Waals surface area contributed by atoms with E-state index in [1.54, 1.807) is 0 Å². The molecule has 1 saturated heterocycles. The lowest BCUT2D eigenvalue weighted by atomic mass is 9.96. The van der Waals surface area contributed by atoms with E-state index in [-0.39, 0.29) is 17.8 Å². The van der Waals surface area contributed by atoms with Crippen molar-refractivity contribution in [3.8, 4) is 0 Å². The minimum absolute atomic E-state index is 0.0452. The minimum atomic E-state index is -0.0947. The van der Waals surface area contributed by atoms with Crippen molar-refractivity contribution >= 4 is 0 Å². The van der Waals surface area contributed by atoms with Gasteiger partial charge in [-0.3, -0.25) is 0 Å². The third kappa shape index (κ3) is 2.39. The van der Waals surface area contributed by atoms with Crippen LogP contribution in [0.5, 0.6) is 0 Å². The highest BCUT2D eigenvalue weighted by Gasteiger charge is 2.35. The van der Waals surface area contributed by atoms with Crippen LogP contribution in [-0.2, 0) is 9.47 Å². The van der Waals surface area contributed by atoms with Crippen LogP contribution in [0, 0.1) is 5.41 Å². The van der Waals surface area contributed by atoms with E-state index in [1.807, 2.05) is 18.2 Å². The molecule has 0 bridgehead atoms. The molecular formula is C13H18O2. The first-order valence-electron chi connectivity index (χ1n) is 5.39. The molecule has 82 valence electrons. The zero-order valence-electron chi connectivity index (χ0n) is 9.57. The molecule has 0 aliphatic carbocycles. The van der Waals surface area contributed by atoms with Gasteiger partial charge >= 0.3 is 0 Å². The van der Waals surface area contributed by atoms with Crippen molar-refractivity contribution in [2.45, 2.75) is 33.2 Å². The second-order valence-corrected chi connectivity index (χ2v) is 5.07. The molecule has 0 amide bonds. The van der Waals surface area contributed by atoms with Gasteiger partial charge in [-0.1, -0.05) is 51.1 Å². The van der Waals surface area contributed by atoms with Gasteiger partial charge in [-0.25, -0.2) is 0 Å². The molecule has 1 fully saturated rings.